The Morgan fingerprint density at radius 2 is 1.74 bits per heavy atom. The molecule has 2 unspecified atom stereocenters. The van der Waals surface area contributed by atoms with Crippen molar-refractivity contribution in [3.63, 3.8) is 0 Å². The van der Waals surface area contributed by atoms with E-state index in [-0.39, 0.29) is 5.56 Å². The van der Waals surface area contributed by atoms with Crippen LogP contribution in [0, 0.1) is 5.82 Å². The third-order valence-electron chi connectivity index (χ3n) is 5.81. The lowest BCUT2D eigenvalue weighted by atomic mass is 9.98. The quantitative estimate of drug-likeness (QED) is 0.424. The number of aldehydes is 1. The minimum absolute atomic E-state index is 0.120. The Kier molecular flexibility index (Phi) is 7.77. The van der Waals surface area contributed by atoms with E-state index in [0.717, 1.165) is 43.1 Å². The summed E-state index contributed by atoms with van der Waals surface area (Å²) in [4.78, 5) is 27.3. The van der Waals surface area contributed by atoms with Crippen LogP contribution in [0.15, 0.2) is 72.8 Å². The topological polar surface area (TPSA) is 73.5 Å². The van der Waals surface area contributed by atoms with Crippen molar-refractivity contribution in [1.82, 2.24) is 10.6 Å². The summed E-state index contributed by atoms with van der Waals surface area (Å²) in [5, 5.41) is 10.0. The molecule has 1 aliphatic rings. The van der Waals surface area contributed by atoms with Crippen LogP contribution in [0.4, 0.5) is 15.8 Å². The Balaban J connectivity index is 1.67. The van der Waals surface area contributed by atoms with Crippen LogP contribution in [0.3, 0.4) is 0 Å². The summed E-state index contributed by atoms with van der Waals surface area (Å²) in [6.45, 7) is 3.38. The Labute approximate surface area is 203 Å². The van der Waals surface area contributed by atoms with Crippen molar-refractivity contribution in [3.8, 4) is 0 Å². The maximum absolute atomic E-state index is 14.2. The third kappa shape index (κ3) is 5.55. The second kappa shape index (κ2) is 11.1. The van der Waals surface area contributed by atoms with E-state index < -0.39 is 23.8 Å². The van der Waals surface area contributed by atoms with Crippen molar-refractivity contribution in [2.45, 2.75) is 12.1 Å². The summed E-state index contributed by atoms with van der Waals surface area (Å²) in [5.74, 6) is -1.31. The van der Waals surface area contributed by atoms with E-state index in [1.54, 1.807) is 6.07 Å². The lowest BCUT2D eigenvalue weighted by Crippen LogP contribution is -2.45. The maximum atomic E-state index is 14.2. The number of piperazine rings is 1. The highest BCUT2D eigenvalue weighted by atomic mass is 35.5. The number of rotatable bonds is 8. The summed E-state index contributed by atoms with van der Waals surface area (Å²) in [6, 6.07) is 19.0. The fourth-order valence-electron chi connectivity index (χ4n) is 4.08. The molecule has 1 heterocycles. The largest absolute Gasteiger partial charge is 0.374 e. The molecule has 0 bridgehead atoms. The van der Waals surface area contributed by atoms with Gasteiger partial charge in [-0.1, -0.05) is 54.1 Å². The summed E-state index contributed by atoms with van der Waals surface area (Å²) in [7, 11) is 0. The molecule has 1 amide bonds. The van der Waals surface area contributed by atoms with Crippen molar-refractivity contribution in [3.05, 3.63) is 94.8 Å². The molecule has 3 aromatic rings. The van der Waals surface area contributed by atoms with Gasteiger partial charge in [0.25, 0.3) is 5.91 Å². The van der Waals surface area contributed by atoms with Gasteiger partial charge in [-0.3, -0.25) is 4.79 Å². The van der Waals surface area contributed by atoms with Crippen LogP contribution in [-0.4, -0.2) is 44.4 Å². The molecule has 2 atom stereocenters. The molecule has 0 saturated carbocycles. The number of amides is 1. The lowest BCUT2D eigenvalue weighted by molar-refractivity contribution is -0.109. The van der Waals surface area contributed by atoms with Crippen molar-refractivity contribution >= 4 is 35.2 Å². The van der Waals surface area contributed by atoms with Gasteiger partial charge in [0.1, 0.15) is 18.1 Å². The summed E-state index contributed by atoms with van der Waals surface area (Å²) in [6.07, 6.45) is 0.665. The first kappa shape index (κ1) is 23.7. The number of hydrogen-bond donors (Lipinski definition) is 3. The van der Waals surface area contributed by atoms with Crippen molar-refractivity contribution in [2.75, 3.05) is 36.4 Å². The number of hydrogen-bond acceptors (Lipinski definition) is 5. The van der Waals surface area contributed by atoms with Gasteiger partial charge in [-0.15, -0.1) is 0 Å². The van der Waals surface area contributed by atoms with E-state index in [2.05, 4.69) is 20.9 Å². The highest BCUT2D eigenvalue weighted by Crippen LogP contribution is 2.33. The molecule has 176 valence electrons. The van der Waals surface area contributed by atoms with Gasteiger partial charge in [-0.2, -0.15) is 0 Å². The van der Waals surface area contributed by atoms with Crippen LogP contribution < -0.4 is 20.9 Å². The van der Waals surface area contributed by atoms with Crippen LogP contribution in [-0.2, 0) is 4.79 Å². The first-order valence-corrected chi connectivity index (χ1v) is 11.5. The van der Waals surface area contributed by atoms with Gasteiger partial charge in [0.15, 0.2) is 0 Å². The molecule has 8 heteroatoms. The number of carbonyl (C=O) groups is 2. The lowest BCUT2D eigenvalue weighted by Gasteiger charge is -2.33. The Hall–Kier alpha value is -3.42. The number of benzene rings is 3. The van der Waals surface area contributed by atoms with Crippen LogP contribution >= 0.6 is 11.6 Å². The van der Waals surface area contributed by atoms with Gasteiger partial charge in [0.05, 0.1) is 23.0 Å². The number of carbonyl (C=O) groups excluding carboxylic acids is 2. The molecule has 4 rings (SSSR count). The molecule has 0 aromatic heterocycles. The van der Waals surface area contributed by atoms with Gasteiger partial charge >= 0.3 is 0 Å². The van der Waals surface area contributed by atoms with Crippen molar-refractivity contribution in [2.24, 2.45) is 0 Å². The molecule has 6 nitrogen and oxygen atoms in total. The standard InChI is InChI=1S/C26H26ClFN4O2/c27-19-10-11-24(32-14-12-29-13-15-32)22(16-19)30-25(18-6-2-1-3-7-18)23(17-33)31-26(34)20-8-4-5-9-21(20)28/h1-11,16-17,23,25,29-30H,12-15H2,(H,31,34). The molecule has 0 radical (unpaired) electrons. The zero-order chi connectivity index (χ0) is 23.9. The molecule has 0 aliphatic carbocycles. The first-order valence-electron chi connectivity index (χ1n) is 11.1. The van der Waals surface area contributed by atoms with Gasteiger partial charge in [0, 0.05) is 31.2 Å². The average molecular weight is 481 g/mol. The molecule has 1 aliphatic heterocycles. The monoisotopic (exact) mass is 480 g/mol. The highest BCUT2D eigenvalue weighted by molar-refractivity contribution is 6.31. The Morgan fingerprint density at radius 1 is 1.03 bits per heavy atom. The maximum Gasteiger partial charge on any atom is 0.254 e. The van der Waals surface area contributed by atoms with Crippen LogP contribution in [0.25, 0.3) is 0 Å². The highest BCUT2D eigenvalue weighted by Gasteiger charge is 2.27. The molecular formula is C26H26ClFN4O2. The Morgan fingerprint density at radius 3 is 2.44 bits per heavy atom. The van der Waals surface area contributed by atoms with Crippen LogP contribution in [0.2, 0.25) is 5.02 Å². The third-order valence-corrected chi connectivity index (χ3v) is 6.04. The van der Waals surface area contributed by atoms with Crippen molar-refractivity contribution < 1.29 is 14.0 Å². The molecule has 0 spiro atoms. The predicted molar refractivity (Wildman–Crippen MR) is 133 cm³/mol. The molecule has 1 fully saturated rings. The zero-order valence-corrected chi connectivity index (χ0v) is 19.3. The van der Waals surface area contributed by atoms with E-state index in [9.17, 15) is 14.0 Å². The van der Waals surface area contributed by atoms with Gasteiger partial charge in [-0.05, 0) is 35.9 Å². The molecular weight excluding hydrogens is 455 g/mol. The average Bonchev–Trinajstić information content (AvgIpc) is 2.87. The number of nitrogens with one attached hydrogen (secondary N) is 3. The zero-order valence-electron chi connectivity index (χ0n) is 18.5. The fourth-order valence-corrected chi connectivity index (χ4v) is 4.26. The van der Waals surface area contributed by atoms with E-state index in [1.165, 1.54) is 18.2 Å². The van der Waals surface area contributed by atoms with Gasteiger partial charge in [-0.25, -0.2) is 4.39 Å². The van der Waals surface area contributed by atoms with Crippen LogP contribution in [0.5, 0.6) is 0 Å². The summed E-state index contributed by atoms with van der Waals surface area (Å²) < 4.78 is 14.2. The molecule has 3 N–H and O–H groups in total. The van der Waals surface area contributed by atoms with E-state index >= 15 is 0 Å². The SMILES string of the molecule is O=CC(NC(=O)c1ccccc1F)C(Nc1cc(Cl)ccc1N1CCNCC1)c1ccccc1. The number of anilines is 2. The number of nitrogens with zero attached hydrogens (tertiary/aromatic N) is 1. The summed E-state index contributed by atoms with van der Waals surface area (Å²) in [5.41, 5.74) is 2.37. The molecule has 3 aromatic carbocycles. The van der Waals surface area contributed by atoms with E-state index in [1.807, 2.05) is 48.5 Å². The smallest absolute Gasteiger partial charge is 0.254 e. The second-order valence-electron chi connectivity index (χ2n) is 8.05. The second-order valence-corrected chi connectivity index (χ2v) is 8.48. The Bertz CT molecular complexity index is 1140. The molecule has 1 saturated heterocycles. The van der Waals surface area contributed by atoms with E-state index in [4.69, 9.17) is 11.6 Å². The summed E-state index contributed by atoms with van der Waals surface area (Å²) >= 11 is 6.33. The van der Waals surface area contributed by atoms with Crippen LogP contribution in [0.1, 0.15) is 22.0 Å². The first-order chi connectivity index (χ1) is 16.6. The minimum atomic E-state index is -0.968. The molecule has 34 heavy (non-hydrogen) atoms. The fraction of sp³-hybridized carbons (Fsp3) is 0.231. The number of halogens is 2. The normalized spacial score (nSPS) is 15.3. The van der Waals surface area contributed by atoms with Gasteiger partial charge < -0.3 is 25.6 Å². The van der Waals surface area contributed by atoms with Crippen molar-refractivity contribution in [1.29, 1.82) is 0 Å². The van der Waals surface area contributed by atoms with Gasteiger partial charge in [0.2, 0.25) is 0 Å². The minimum Gasteiger partial charge on any atom is -0.374 e. The predicted octanol–water partition coefficient (Wildman–Crippen LogP) is 4.04. The van der Waals surface area contributed by atoms with E-state index in [0.29, 0.717) is 11.3 Å².